The molecule has 0 heterocycles. The van der Waals surface area contributed by atoms with Crippen molar-refractivity contribution >= 4 is 58.1 Å². The van der Waals surface area contributed by atoms with Gasteiger partial charge in [0.15, 0.2) is 0 Å². The molecule has 18 nitrogen and oxygen atoms in total. The second-order valence-electron chi connectivity index (χ2n) is 12.5. The Bertz CT molecular complexity index is 1620. The number of carbonyl (C=O) groups is 8. The van der Waals surface area contributed by atoms with Gasteiger partial charge in [-0.3, -0.25) is 38.4 Å². The number of aliphatic hydroxyl groups excluding tert-OH is 1. The highest BCUT2D eigenvalue weighted by molar-refractivity contribution is 5.98. The van der Waals surface area contributed by atoms with Crippen molar-refractivity contribution in [3.63, 3.8) is 0 Å². The minimum absolute atomic E-state index is 0.116. The van der Waals surface area contributed by atoms with Gasteiger partial charge in [-0.25, -0.2) is 0 Å². The van der Waals surface area contributed by atoms with E-state index in [0.29, 0.717) is 12.0 Å². The summed E-state index contributed by atoms with van der Waals surface area (Å²) < 4.78 is 0. The van der Waals surface area contributed by atoms with Crippen molar-refractivity contribution in [3.05, 3.63) is 48.0 Å². The molecule has 2 rings (SSSR count). The van der Waals surface area contributed by atoms with E-state index in [9.17, 15) is 38.4 Å². The third-order valence-electron chi connectivity index (χ3n) is 7.74. The van der Waals surface area contributed by atoms with E-state index in [1.54, 1.807) is 32.0 Å². The van der Waals surface area contributed by atoms with Crippen molar-refractivity contribution in [3.8, 4) is 0 Å². The van der Waals surface area contributed by atoms with E-state index in [4.69, 9.17) is 21.7 Å². The molecule has 0 fully saturated rings. The molecule has 5 atom stereocenters. The Morgan fingerprint density at radius 3 is 1.98 bits per heavy atom. The number of primary amides is 1. The largest absolute Gasteiger partial charge is 0.481 e. The molecule has 2 aromatic rings. The Hall–Kier alpha value is -5.62. The SMILES string of the molecule is CC(NC(=O)C(CC(N)=O)NC(=O)C(Cc1ccc2ccccc2c1)NC(=O)C(N)CC(=O)O)C(=O)NC(C(=O)NCC(=O)NCCCO)C(C)C. The minimum Gasteiger partial charge on any atom is -0.481 e. The molecule has 7 amide bonds. The van der Waals surface area contributed by atoms with Crippen LogP contribution in [0.5, 0.6) is 0 Å². The second kappa shape index (κ2) is 20.9. The maximum Gasteiger partial charge on any atom is 0.305 e. The Morgan fingerprint density at radius 2 is 1.37 bits per heavy atom. The van der Waals surface area contributed by atoms with Crippen LogP contribution in [-0.4, -0.2) is 107 Å². The maximum absolute atomic E-state index is 13.6. The Balaban J connectivity index is 2.18. The average molecular weight is 729 g/mol. The van der Waals surface area contributed by atoms with Gasteiger partial charge in [-0.05, 0) is 35.6 Å². The van der Waals surface area contributed by atoms with Crippen LogP contribution in [0.2, 0.25) is 0 Å². The summed E-state index contributed by atoms with van der Waals surface area (Å²) in [5, 5.41) is 34.3. The molecule has 52 heavy (non-hydrogen) atoms. The van der Waals surface area contributed by atoms with E-state index in [1.165, 1.54) is 6.92 Å². The molecule has 0 aliphatic carbocycles. The van der Waals surface area contributed by atoms with Crippen LogP contribution in [-0.2, 0) is 44.8 Å². The van der Waals surface area contributed by atoms with Gasteiger partial charge in [0.25, 0.3) is 0 Å². The number of carboxylic acid groups (broad SMARTS) is 1. The van der Waals surface area contributed by atoms with E-state index in [-0.39, 0.29) is 26.1 Å². The molecular weight excluding hydrogens is 680 g/mol. The van der Waals surface area contributed by atoms with Crippen molar-refractivity contribution in [1.82, 2.24) is 31.9 Å². The van der Waals surface area contributed by atoms with Crippen LogP contribution in [0.3, 0.4) is 0 Å². The Morgan fingerprint density at radius 1 is 0.731 bits per heavy atom. The van der Waals surface area contributed by atoms with Crippen LogP contribution in [0, 0.1) is 5.92 Å². The Kier molecular flexibility index (Phi) is 17.1. The summed E-state index contributed by atoms with van der Waals surface area (Å²) in [5.74, 6) is -7.59. The lowest BCUT2D eigenvalue weighted by Gasteiger charge is -2.26. The fourth-order valence-corrected chi connectivity index (χ4v) is 4.89. The number of nitrogens with two attached hydrogens (primary N) is 2. The van der Waals surface area contributed by atoms with Gasteiger partial charge >= 0.3 is 5.97 Å². The van der Waals surface area contributed by atoms with E-state index in [2.05, 4.69) is 31.9 Å². The number of nitrogens with one attached hydrogen (secondary N) is 6. The number of hydrogen-bond donors (Lipinski definition) is 10. The number of benzene rings is 2. The first kappa shape index (κ1) is 42.5. The topological polar surface area (TPSA) is 301 Å². The number of amides is 7. The smallest absolute Gasteiger partial charge is 0.305 e. The molecule has 0 aromatic heterocycles. The Labute approximate surface area is 300 Å². The molecule has 5 unspecified atom stereocenters. The van der Waals surface area contributed by atoms with Crippen LogP contribution in [0.15, 0.2) is 42.5 Å². The maximum atomic E-state index is 13.6. The van der Waals surface area contributed by atoms with Crippen molar-refractivity contribution in [2.45, 2.75) is 76.7 Å². The van der Waals surface area contributed by atoms with Crippen LogP contribution in [0.1, 0.15) is 45.6 Å². The minimum atomic E-state index is -1.61. The molecule has 0 saturated carbocycles. The highest BCUT2D eigenvalue weighted by Crippen LogP contribution is 2.17. The number of carbonyl (C=O) groups excluding carboxylic acids is 7. The van der Waals surface area contributed by atoms with Crippen LogP contribution >= 0.6 is 0 Å². The second-order valence-corrected chi connectivity index (χ2v) is 12.5. The zero-order chi connectivity index (χ0) is 39.0. The molecule has 284 valence electrons. The molecule has 18 heteroatoms. The lowest BCUT2D eigenvalue weighted by atomic mass is 10.00. The number of hydrogen-bond acceptors (Lipinski definition) is 10. The summed E-state index contributed by atoms with van der Waals surface area (Å²) in [7, 11) is 0. The lowest BCUT2D eigenvalue weighted by Crippen LogP contribution is -2.59. The van der Waals surface area contributed by atoms with Gasteiger partial charge in [0.05, 0.1) is 25.4 Å². The van der Waals surface area contributed by atoms with Crippen LogP contribution in [0.4, 0.5) is 0 Å². The summed E-state index contributed by atoms with van der Waals surface area (Å²) in [6.45, 7) is 4.31. The fraction of sp³-hybridized carbons (Fsp3) is 0.471. The molecule has 12 N–H and O–H groups in total. The number of aliphatic carboxylic acids is 1. The first-order chi connectivity index (χ1) is 24.5. The van der Waals surface area contributed by atoms with Gasteiger partial charge in [-0.1, -0.05) is 56.3 Å². The first-order valence-corrected chi connectivity index (χ1v) is 16.6. The molecule has 0 aliphatic rings. The van der Waals surface area contributed by atoms with Gasteiger partial charge in [0, 0.05) is 19.6 Å². The van der Waals surface area contributed by atoms with Crippen LogP contribution in [0.25, 0.3) is 10.8 Å². The fourth-order valence-electron chi connectivity index (χ4n) is 4.89. The summed E-state index contributed by atoms with van der Waals surface area (Å²) in [6.07, 6.45) is -1.19. The molecule has 0 bridgehead atoms. The third kappa shape index (κ3) is 14.3. The summed E-state index contributed by atoms with van der Waals surface area (Å²) in [5.41, 5.74) is 11.7. The van der Waals surface area contributed by atoms with E-state index >= 15 is 0 Å². The molecule has 0 radical (unpaired) electrons. The molecule has 0 spiro atoms. The van der Waals surface area contributed by atoms with E-state index in [0.717, 1.165) is 10.8 Å². The molecule has 2 aromatic carbocycles. The van der Waals surface area contributed by atoms with Crippen molar-refractivity contribution < 1.29 is 48.6 Å². The van der Waals surface area contributed by atoms with Crippen molar-refractivity contribution in [2.75, 3.05) is 19.7 Å². The quantitative estimate of drug-likeness (QED) is 0.0590. The summed E-state index contributed by atoms with van der Waals surface area (Å²) in [6, 6.07) is 5.80. The van der Waals surface area contributed by atoms with Gasteiger partial charge in [-0.15, -0.1) is 0 Å². The molecular formula is C34H48N8O10. The van der Waals surface area contributed by atoms with E-state index in [1.807, 2.05) is 24.3 Å². The van der Waals surface area contributed by atoms with E-state index < -0.39 is 96.3 Å². The van der Waals surface area contributed by atoms with Crippen molar-refractivity contribution in [1.29, 1.82) is 0 Å². The zero-order valence-electron chi connectivity index (χ0n) is 29.3. The molecule has 0 saturated heterocycles. The number of carboxylic acids is 1. The number of rotatable bonds is 21. The highest BCUT2D eigenvalue weighted by Gasteiger charge is 2.32. The lowest BCUT2D eigenvalue weighted by molar-refractivity contribution is -0.140. The van der Waals surface area contributed by atoms with Crippen molar-refractivity contribution in [2.24, 2.45) is 17.4 Å². The summed E-state index contributed by atoms with van der Waals surface area (Å²) >= 11 is 0. The average Bonchev–Trinajstić information content (AvgIpc) is 3.08. The standard InChI is InChI=1S/C34H48N8O10/c1-18(2)29(34(52)38-17-27(45)37-11-6-12-43)42-30(48)19(3)39-32(50)25(16-26(36)44)41-33(51)24(40-31(49)23(35)15-28(46)47)14-20-9-10-21-7-4-5-8-22(21)13-20/h4-5,7-10,13,18-19,23-25,29,43H,6,11-12,14-17,35H2,1-3H3,(H2,36,44)(H,37,45)(H,38,52)(H,39,50)(H,40,49)(H,41,51)(H,42,48)(H,46,47). The monoisotopic (exact) mass is 728 g/mol. The normalized spacial score (nSPS) is 13.8. The van der Waals surface area contributed by atoms with Gasteiger partial charge in [0.2, 0.25) is 41.4 Å². The van der Waals surface area contributed by atoms with Gasteiger partial charge in [-0.2, -0.15) is 0 Å². The predicted octanol–water partition coefficient (Wildman–Crippen LogP) is -2.71. The zero-order valence-corrected chi connectivity index (χ0v) is 29.3. The number of fused-ring (bicyclic) bond motifs is 1. The highest BCUT2D eigenvalue weighted by atomic mass is 16.4. The summed E-state index contributed by atoms with van der Waals surface area (Å²) in [4.78, 5) is 101. The predicted molar refractivity (Wildman–Crippen MR) is 188 cm³/mol. The van der Waals surface area contributed by atoms with Gasteiger partial charge in [0.1, 0.15) is 24.2 Å². The third-order valence-corrected chi connectivity index (χ3v) is 7.74. The van der Waals surface area contributed by atoms with Gasteiger partial charge < -0.3 is 53.6 Å². The first-order valence-electron chi connectivity index (χ1n) is 16.6. The number of aliphatic hydroxyl groups is 1. The van der Waals surface area contributed by atoms with Crippen LogP contribution < -0.4 is 43.4 Å². The molecule has 0 aliphatic heterocycles.